The van der Waals surface area contributed by atoms with E-state index < -0.39 is 0 Å². The third-order valence-electron chi connectivity index (χ3n) is 2.26. The third-order valence-corrected chi connectivity index (χ3v) is 2.26. The molecule has 0 saturated heterocycles. The van der Waals surface area contributed by atoms with Crippen LogP contribution in [0.25, 0.3) is 0 Å². The first kappa shape index (κ1) is 10.7. The van der Waals surface area contributed by atoms with Crippen LogP contribution in [-0.4, -0.2) is 11.5 Å². The largest absolute Gasteiger partial charge is 0.330 e. The first-order chi connectivity index (χ1) is 6.66. The van der Waals surface area contributed by atoms with Crippen LogP contribution in [0.2, 0.25) is 0 Å². The molecule has 0 bridgehead atoms. The summed E-state index contributed by atoms with van der Waals surface area (Å²) in [5.41, 5.74) is 7.36. The Balaban J connectivity index is 2.95. The molecule has 1 aromatic carbocycles. The normalized spacial score (nSPS) is 10.1. The van der Waals surface area contributed by atoms with Crippen molar-refractivity contribution in [1.82, 2.24) is 0 Å². The van der Waals surface area contributed by atoms with Crippen molar-refractivity contribution in [2.75, 3.05) is 6.54 Å². The van der Waals surface area contributed by atoms with Crippen molar-refractivity contribution in [2.24, 2.45) is 5.73 Å². The lowest BCUT2D eigenvalue weighted by atomic mass is 10.0. The first-order valence-electron chi connectivity index (χ1n) is 4.59. The quantitative estimate of drug-likeness (QED) is 0.586. The van der Waals surface area contributed by atoms with E-state index in [-0.39, 0.29) is 10.6 Å². The molecule has 0 amide bonds. The van der Waals surface area contributed by atoms with Gasteiger partial charge in [-0.1, -0.05) is 12.1 Å². The van der Waals surface area contributed by atoms with Crippen molar-refractivity contribution in [3.05, 3.63) is 39.4 Å². The van der Waals surface area contributed by atoms with E-state index in [1.807, 2.05) is 6.07 Å². The molecule has 0 radical (unpaired) electrons. The summed E-state index contributed by atoms with van der Waals surface area (Å²) in [6.45, 7) is 2.39. The van der Waals surface area contributed by atoms with E-state index in [2.05, 4.69) is 0 Å². The van der Waals surface area contributed by atoms with Gasteiger partial charge in [0.15, 0.2) is 0 Å². The zero-order valence-corrected chi connectivity index (χ0v) is 8.19. The molecular formula is C10H14N2O2. The van der Waals surface area contributed by atoms with Gasteiger partial charge in [-0.2, -0.15) is 0 Å². The van der Waals surface area contributed by atoms with Crippen LogP contribution in [0.15, 0.2) is 18.2 Å². The van der Waals surface area contributed by atoms with Crippen molar-refractivity contribution >= 4 is 5.69 Å². The number of nitro groups is 1. The summed E-state index contributed by atoms with van der Waals surface area (Å²) in [4.78, 5) is 10.3. The van der Waals surface area contributed by atoms with E-state index in [4.69, 9.17) is 5.73 Å². The Morgan fingerprint density at radius 2 is 2.21 bits per heavy atom. The summed E-state index contributed by atoms with van der Waals surface area (Å²) in [7, 11) is 0. The zero-order valence-electron chi connectivity index (χ0n) is 8.19. The molecule has 0 fully saturated rings. The number of aryl methyl sites for hydroxylation is 1. The lowest BCUT2D eigenvalue weighted by Crippen LogP contribution is -2.02. The van der Waals surface area contributed by atoms with Crippen molar-refractivity contribution in [1.29, 1.82) is 0 Å². The van der Waals surface area contributed by atoms with Crippen LogP contribution in [0.1, 0.15) is 17.5 Å². The van der Waals surface area contributed by atoms with Crippen LogP contribution in [0.5, 0.6) is 0 Å². The Labute approximate surface area is 82.9 Å². The molecule has 4 heteroatoms. The average Bonchev–Trinajstić information content (AvgIpc) is 2.16. The molecule has 0 heterocycles. The highest BCUT2D eigenvalue weighted by atomic mass is 16.6. The Morgan fingerprint density at radius 1 is 1.50 bits per heavy atom. The molecule has 14 heavy (non-hydrogen) atoms. The third kappa shape index (κ3) is 2.29. The van der Waals surface area contributed by atoms with Crippen LogP contribution in [-0.2, 0) is 6.42 Å². The summed E-state index contributed by atoms with van der Waals surface area (Å²) in [5, 5.41) is 10.6. The van der Waals surface area contributed by atoms with E-state index >= 15 is 0 Å². The fraction of sp³-hybridized carbons (Fsp3) is 0.400. The fourth-order valence-electron chi connectivity index (χ4n) is 1.43. The molecule has 0 aromatic heterocycles. The van der Waals surface area contributed by atoms with Gasteiger partial charge in [-0.05, 0) is 31.9 Å². The second-order valence-electron chi connectivity index (χ2n) is 3.21. The molecule has 0 aliphatic rings. The number of nitro benzene ring substituents is 1. The molecule has 0 saturated carbocycles. The van der Waals surface area contributed by atoms with Gasteiger partial charge in [-0.15, -0.1) is 0 Å². The van der Waals surface area contributed by atoms with E-state index in [1.165, 1.54) is 6.07 Å². The zero-order chi connectivity index (χ0) is 10.6. The SMILES string of the molecule is Cc1c(CCCN)cccc1[N+](=O)[O-]. The number of nitrogens with zero attached hydrogens (tertiary/aromatic N) is 1. The van der Waals surface area contributed by atoms with Crippen molar-refractivity contribution < 1.29 is 4.92 Å². The highest BCUT2D eigenvalue weighted by molar-refractivity contribution is 5.44. The summed E-state index contributed by atoms with van der Waals surface area (Å²) < 4.78 is 0. The van der Waals surface area contributed by atoms with E-state index in [1.54, 1.807) is 13.0 Å². The molecular weight excluding hydrogens is 180 g/mol. The van der Waals surface area contributed by atoms with Gasteiger partial charge in [-0.3, -0.25) is 10.1 Å². The van der Waals surface area contributed by atoms with Gasteiger partial charge < -0.3 is 5.73 Å². The lowest BCUT2D eigenvalue weighted by molar-refractivity contribution is -0.385. The molecule has 0 aliphatic carbocycles. The molecule has 0 unspecified atom stereocenters. The second-order valence-corrected chi connectivity index (χ2v) is 3.21. The number of hydrogen-bond acceptors (Lipinski definition) is 3. The Hall–Kier alpha value is -1.42. The van der Waals surface area contributed by atoms with Gasteiger partial charge in [0.25, 0.3) is 5.69 Å². The van der Waals surface area contributed by atoms with E-state index in [0.717, 1.165) is 24.0 Å². The Bertz CT molecular complexity index is 337. The maximum Gasteiger partial charge on any atom is 0.272 e. The predicted molar refractivity (Wildman–Crippen MR) is 55.2 cm³/mol. The fourth-order valence-corrected chi connectivity index (χ4v) is 1.43. The summed E-state index contributed by atoms with van der Waals surface area (Å²) >= 11 is 0. The van der Waals surface area contributed by atoms with Crippen LogP contribution < -0.4 is 5.73 Å². The highest BCUT2D eigenvalue weighted by Gasteiger charge is 2.12. The lowest BCUT2D eigenvalue weighted by Gasteiger charge is -2.04. The minimum absolute atomic E-state index is 0.194. The summed E-state index contributed by atoms with van der Waals surface area (Å²) in [5.74, 6) is 0. The van der Waals surface area contributed by atoms with Crippen molar-refractivity contribution in [3.8, 4) is 0 Å². The minimum atomic E-state index is -0.346. The summed E-state index contributed by atoms with van der Waals surface area (Å²) in [6, 6.07) is 5.16. The minimum Gasteiger partial charge on any atom is -0.330 e. The smallest absolute Gasteiger partial charge is 0.272 e. The van der Waals surface area contributed by atoms with Gasteiger partial charge in [0, 0.05) is 11.6 Å². The van der Waals surface area contributed by atoms with Crippen LogP contribution in [0.4, 0.5) is 5.69 Å². The van der Waals surface area contributed by atoms with Crippen LogP contribution >= 0.6 is 0 Å². The first-order valence-corrected chi connectivity index (χ1v) is 4.59. The molecule has 4 nitrogen and oxygen atoms in total. The topological polar surface area (TPSA) is 69.2 Å². The van der Waals surface area contributed by atoms with Gasteiger partial charge in [0.2, 0.25) is 0 Å². The van der Waals surface area contributed by atoms with Crippen LogP contribution in [0, 0.1) is 17.0 Å². The number of benzene rings is 1. The maximum atomic E-state index is 10.6. The van der Waals surface area contributed by atoms with Gasteiger partial charge in [0.05, 0.1) is 4.92 Å². The maximum absolute atomic E-state index is 10.6. The molecule has 76 valence electrons. The van der Waals surface area contributed by atoms with Crippen molar-refractivity contribution in [3.63, 3.8) is 0 Å². The van der Waals surface area contributed by atoms with Gasteiger partial charge in [-0.25, -0.2) is 0 Å². The molecule has 0 aliphatic heterocycles. The standard InChI is InChI=1S/C10H14N2O2/c1-8-9(5-3-7-11)4-2-6-10(8)12(13)14/h2,4,6H,3,5,7,11H2,1H3. The van der Waals surface area contributed by atoms with Gasteiger partial charge in [0.1, 0.15) is 0 Å². The molecule has 0 spiro atoms. The monoisotopic (exact) mass is 194 g/mol. The van der Waals surface area contributed by atoms with Crippen molar-refractivity contribution in [2.45, 2.75) is 19.8 Å². The second kappa shape index (κ2) is 4.72. The number of rotatable bonds is 4. The Morgan fingerprint density at radius 3 is 2.79 bits per heavy atom. The number of nitrogens with two attached hydrogens (primary N) is 1. The predicted octanol–water partition coefficient (Wildman–Crippen LogP) is 1.79. The molecule has 1 aromatic rings. The van der Waals surface area contributed by atoms with Crippen LogP contribution in [0.3, 0.4) is 0 Å². The number of hydrogen-bond donors (Lipinski definition) is 1. The average molecular weight is 194 g/mol. The molecule has 0 atom stereocenters. The molecule has 2 N–H and O–H groups in total. The highest BCUT2D eigenvalue weighted by Crippen LogP contribution is 2.21. The Kier molecular flexibility index (Phi) is 3.59. The van der Waals surface area contributed by atoms with Gasteiger partial charge >= 0.3 is 0 Å². The van der Waals surface area contributed by atoms with E-state index in [9.17, 15) is 10.1 Å². The van der Waals surface area contributed by atoms with E-state index in [0.29, 0.717) is 6.54 Å². The summed E-state index contributed by atoms with van der Waals surface area (Å²) in [6.07, 6.45) is 1.67. The molecule has 1 rings (SSSR count).